The molecular weight excluding hydrogens is 454 g/mol. The Balaban J connectivity index is 2.90. The molecule has 0 fully saturated rings. The molecule has 0 aliphatic rings. The number of aromatic nitrogens is 1. The zero-order chi connectivity index (χ0) is 13.6. The smallest absolute Gasteiger partial charge is 0.281 e. The minimum Gasteiger partial charge on any atom is -0.281 e. The largest absolute Gasteiger partial charge is 0.312 e. The third-order valence-electron chi connectivity index (χ3n) is 2.24. The van der Waals surface area contributed by atoms with Crippen molar-refractivity contribution in [3.05, 3.63) is 35.9 Å². The number of fused-ring (bicyclic) bond motifs is 1. The number of halogens is 3. The van der Waals surface area contributed by atoms with E-state index in [2.05, 4.69) is 52.8 Å². The van der Waals surface area contributed by atoms with Crippen LogP contribution >= 0.6 is 47.8 Å². The first-order valence-corrected chi connectivity index (χ1v) is 8.46. The number of alkyl halides is 3. The van der Waals surface area contributed by atoms with Gasteiger partial charge in [0.05, 0.1) is 5.52 Å². The summed E-state index contributed by atoms with van der Waals surface area (Å²) >= 11 is 9.70. The van der Waals surface area contributed by atoms with Gasteiger partial charge < -0.3 is 0 Å². The van der Waals surface area contributed by atoms with Gasteiger partial charge in [-0.25, -0.2) is 4.98 Å². The second kappa shape index (κ2) is 4.82. The van der Waals surface area contributed by atoms with Crippen molar-refractivity contribution in [2.24, 2.45) is 0 Å². The van der Waals surface area contributed by atoms with Gasteiger partial charge in [0, 0.05) is 10.9 Å². The average molecular weight is 460 g/mol. The standard InChI is InChI=1S/C10H6Br3NO3S/c11-10(12,13)7-5-6-3-1-2-4-8(6)14-9(7)18(15,16)17/h1-5H,(H,15,16,17). The SMILES string of the molecule is O=S(=O)(O)c1nc2ccccc2cc1C(Br)(Br)Br. The highest BCUT2D eigenvalue weighted by Gasteiger charge is 2.31. The maximum absolute atomic E-state index is 11.4. The van der Waals surface area contributed by atoms with Crippen LogP contribution in [0.4, 0.5) is 0 Å². The molecule has 0 saturated carbocycles. The molecule has 8 heteroatoms. The van der Waals surface area contributed by atoms with Crippen molar-refractivity contribution < 1.29 is 13.0 Å². The predicted octanol–water partition coefficient (Wildman–Crippen LogP) is 3.78. The van der Waals surface area contributed by atoms with Crippen LogP contribution in [0.15, 0.2) is 35.4 Å². The molecule has 0 spiro atoms. The van der Waals surface area contributed by atoms with Crippen LogP contribution in [-0.4, -0.2) is 18.0 Å². The molecule has 0 radical (unpaired) electrons. The Morgan fingerprint density at radius 3 is 2.33 bits per heavy atom. The normalized spacial score (nSPS) is 12.9. The first-order valence-electron chi connectivity index (χ1n) is 4.64. The average Bonchev–Trinajstić information content (AvgIpc) is 2.25. The van der Waals surface area contributed by atoms with Crippen molar-refractivity contribution in [1.82, 2.24) is 4.98 Å². The van der Waals surface area contributed by atoms with Gasteiger partial charge in [-0.1, -0.05) is 66.0 Å². The molecule has 0 bridgehead atoms. The van der Waals surface area contributed by atoms with Crippen molar-refractivity contribution in [1.29, 1.82) is 0 Å². The molecule has 2 rings (SSSR count). The van der Waals surface area contributed by atoms with Gasteiger partial charge >= 0.3 is 10.1 Å². The van der Waals surface area contributed by atoms with Crippen LogP contribution in [0.25, 0.3) is 10.9 Å². The summed E-state index contributed by atoms with van der Waals surface area (Å²) in [5.74, 6) is 0. The van der Waals surface area contributed by atoms with Crippen LogP contribution < -0.4 is 0 Å². The Hall–Kier alpha value is -0.0200. The maximum Gasteiger partial charge on any atom is 0.312 e. The minimum atomic E-state index is -4.41. The van der Waals surface area contributed by atoms with E-state index < -0.39 is 17.3 Å². The molecule has 18 heavy (non-hydrogen) atoms. The van der Waals surface area contributed by atoms with Crippen LogP contribution in [0.2, 0.25) is 0 Å². The van der Waals surface area contributed by atoms with E-state index in [4.69, 9.17) is 0 Å². The highest BCUT2D eigenvalue weighted by Crippen LogP contribution is 2.47. The molecule has 1 aromatic carbocycles. The number of para-hydroxylation sites is 1. The van der Waals surface area contributed by atoms with E-state index in [1.807, 2.05) is 6.07 Å². The van der Waals surface area contributed by atoms with Gasteiger partial charge in [-0.05, 0) is 12.1 Å². The van der Waals surface area contributed by atoms with E-state index in [0.717, 1.165) is 5.39 Å². The number of nitrogens with zero attached hydrogens (tertiary/aromatic N) is 1. The van der Waals surface area contributed by atoms with Crippen molar-refractivity contribution >= 4 is 68.8 Å². The summed E-state index contributed by atoms with van der Waals surface area (Å²) in [4.78, 5) is 3.98. The van der Waals surface area contributed by atoms with Crippen LogP contribution in [0, 0.1) is 0 Å². The number of benzene rings is 1. The lowest BCUT2D eigenvalue weighted by Crippen LogP contribution is -2.11. The Labute approximate surface area is 129 Å². The van der Waals surface area contributed by atoms with Crippen molar-refractivity contribution in [2.45, 2.75) is 7.17 Å². The molecule has 0 atom stereocenters. The molecule has 4 nitrogen and oxygen atoms in total. The van der Waals surface area contributed by atoms with Gasteiger partial charge in [0.25, 0.3) is 0 Å². The van der Waals surface area contributed by atoms with Gasteiger partial charge in [0.1, 0.15) is 0 Å². The quantitative estimate of drug-likeness (QED) is 0.520. The fourth-order valence-corrected chi connectivity index (χ4v) is 3.50. The summed E-state index contributed by atoms with van der Waals surface area (Å²) < 4.78 is 31.0. The van der Waals surface area contributed by atoms with Crippen LogP contribution in [0.1, 0.15) is 5.56 Å². The van der Waals surface area contributed by atoms with Gasteiger partial charge in [0.2, 0.25) is 0 Å². The van der Waals surface area contributed by atoms with E-state index in [0.29, 0.717) is 5.52 Å². The monoisotopic (exact) mass is 457 g/mol. The lowest BCUT2D eigenvalue weighted by Gasteiger charge is -2.16. The highest BCUT2D eigenvalue weighted by atomic mass is 80.0. The molecule has 0 aliphatic carbocycles. The lowest BCUT2D eigenvalue weighted by molar-refractivity contribution is 0.478. The molecule has 0 unspecified atom stereocenters. The third-order valence-corrected chi connectivity index (χ3v) is 4.32. The Bertz CT molecular complexity index is 710. The van der Waals surface area contributed by atoms with Crippen LogP contribution in [-0.2, 0) is 12.3 Å². The van der Waals surface area contributed by atoms with Crippen molar-refractivity contribution in [3.63, 3.8) is 0 Å². The maximum atomic E-state index is 11.4. The van der Waals surface area contributed by atoms with Gasteiger partial charge in [-0.3, -0.25) is 4.55 Å². The van der Waals surface area contributed by atoms with Crippen LogP contribution in [0.3, 0.4) is 0 Å². The Morgan fingerprint density at radius 1 is 1.17 bits per heavy atom. The summed E-state index contributed by atoms with van der Waals surface area (Å²) in [5, 5.41) is 0.370. The molecule has 1 heterocycles. The lowest BCUT2D eigenvalue weighted by atomic mass is 10.2. The summed E-state index contributed by atoms with van der Waals surface area (Å²) in [6, 6.07) is 8.67. The number of hydrogen-bond acceptors (Lipinski definition) is 3. The first kappa shape index (κ1) is 14.4. The summed E-state index contributed by atoms with van der Waals surface area (Å²) in [6.45, 7) is 0. The Morgan fingerprint density at radius 2 is 1.78 bits per heavy atom. The highest BCUT2D eigenvalue weighted by molar-refractivity contribution is 9.38. The topological polar surface area (TPSA) is 67.3 Å². The fraction of sp³-hybridized carbons (Fsp3) is 0.100. The summed E-state index contributed by atoms with van der Waals surface area (Å²) in [5.41, 5.74) is 0.759. The number of pyridine rings is 1. The fourth-order valence-electron chi connectivity index (χ4n) is 1.50. The van der Waals surface area contributed by atoms with E-state index in [1.54, 1.807) is 24.3 Å². The second-order valence-corrected chi connectivity index (χ2v) is 11.6. The summed E-state index contributed by atoms with van der Waals surface area (Å²) in [7, 11) is -4.41. The molecule has 0 aliphatic heterocycles. The van der Waals surface area contributed by atoms with Crippen LogP contribution in [0.5, 0.6) is 0 Å². The van der Waals surface area contributed by atoms with Gasteiger partial charge in [-0.2, -0.15) is 8.42 Å². The van der Waals surface area contributed by atoms with Gasteiger partial charge in [-0.15, -0.1) is 0 Å². The predicted molar refractivity (Wildman–Crippen MR) is 80.0 cm³/mol. The van der Waals surface area contributed by atoms with E-state index in [1.165, 1.54) is 0 Å². The molecule has 2 aromatic rings. The zero-order valence-electron chi connectivity index (χ0n) is 8.64. The number of hydrogen-bond donors (Lipinski definition) is 1. The summed E-state index contributed by atoms with van der Waals surface area (Å²) in [6.07, 6.45) is 0. The molecule has 0 amide bonds. The van der Waals surface area contributed by atoms with E-state index >= 15 is 0 Å². The second-order valence-electron chi connectivity index (χ2n) is 3.51. The Kier molecular flexibility index (Phi) is 3.86. The first-order chi connectivity index (χ1) is 8.19. The van der Waals surface area contributed by atoms with E-state index in [9.17, 15) is 13.0 Å². The van der Waals surface area contributed by atoms with Crippen molar-refractivity contribution in [2.75, 3.05) is 0 Å². The number of rotatable bonds is 1. The molecule has 1 aromatic heterocycles. The molecule has 1 N–H and O–H groups in total. The zero-order valence-corrected chi connectivity index (χ0v) is 14.2. The third kappa shape index (κ3) is 2.93. The van der Waals surface area contributed by atoms with Crippen molar-refractivity contribution in [3.8, 4) is 0 Å². The molecule has 0 saturated heterocycles. The molecule has 96 valence electrons. The van der Waals surface area contributed by atoms with Gasteiger partial charge in [0.15, 0.2) is 7.17 Å². The molecular formula is C10H6Br3NO3S. The van der Waals surface area contributed by atoms with E-state index in [-0.39, 0.29) is 5.56 Å². The minimum absolute atomic E-state index is 0.267.